The molecule has 0 amide bonds. The third kappa shape index (κ3) is 6.70. The fraction of sp³-hybridized carbons (Fsp3) is 0.0147. The maximum Gasteiger partial charge on any atom is 0.164 e. The van der Waals surface area contributed by atoms with Gasteiger partial charge in [0.1, 0.15) is 11.2 Å². The van der Waals surface area contributed by atoms with Gasteiger partial charge in [0.15, 0.2) is 17.5 Å². The molecule has 0 bridgehead atoms. The number of nitrogens with zero attached hydrogens (tertiary/aromatic N) is 3. The molecule has 3 aromatic heterocycles. The largest absolute Gasteiger partial charge is 0.455 e. The second kappa shape index (κ2) is 16.7. The standard InChI is InChI=1S/C68H41N3OS/c1-2-17-41(18-3-1)45-36-37-59(51-24-5-4-21-48(45)51)68-70-66(69-67(71-68)58-29-11-10-28-55(58)63-53-26-8-6-22-49(53)50-23-7-9-27-54(50)63)44-20-14-19-42(39-44)47-31-16-33-57-60-40-43(35-38-62(60)73-65(47)57)46-30-15-32-56-52-25-12-13-34-61(52)72-64(46)56/h1-40,63H/i6D,7D,8D,22D,23D,26D,27D. The Labute approximate surface area is 435 Å². The van der Waals surface area contributed by atoms with E-state index in [4.69, 9.17) is 26.2 Å². The van der Waals surface area contributed by atoms with Gasteiger partial charge in [0, 0.05) is 59.1 Å². The lowest BCUT2D eigenvalue weighted by Gasteiger charge is -2.19. The summed E-state index contributed by atoms with van der Waals surface area (Å²) in [6, 6.07) is 65.5. The van der Waals surface area contributed by atoms with Crippen molar-refractivity contribution < 1.29 is 14.0 Å². The fourth-order valence-electron chi connectivity index (χ4n) is 11.0. The Bertz CT molecular complexity index is 4960. The van der Waals surface area contributed by atoms with E-state index in [1.54, 1.807) is 11.3 Å². The van der Waals surface area contributed by atoms with Gasteiger partial charge in [-0.1, -0.05) is 212 Å². The van der Waals surface area contributed by atoms with E-state index in [0.717, 1.165) is 92.7 Å². The summed E-state index contributed by atoms with van der Waals surface area (Å²) < 4.78 is 71.9. The smallest absolute Gasteiger partial charge is 0.164 e. The first-order valence-corrected chi connectivity index (χ1v) is 25.0. The Morgan fingerprint density at radius 3 is 1.86 bits per heavy atom. The van der Waals surface area contributed by atoms with Gasteiger partial charge < -0.3 is 4.42 Å². The zero-order valence-corrected chi connectivity index (χ0v) is 39.6. The molecule has 0 saturated heterocycles. The van der Waals surface area contributed by atoms with Crippen molar-refractivity contribution in [2.45, 2.75) is 5.92 Å². The van der Waals surface area contributed by atoms with Crippen LogP contribution in [0.1, 0.15) is 32.2 Å². The van der Waals surface area contributed by atoms with Crippen LogP contribution in [0.4, 0.5) is 0 Å². The molecule has 5 heteroatoms. The molecule has 1 aliphatic carbocycles. The van der Waals surface area contributed by atoms with Crippen molar-refractivity contribution in [3.05, 3.63) is 259 Å². The Morgan fingerprint density at radius 1 is 0.356 bits per heavy atom. The lowest BCUT2D eigenvalue weighted by atomic mass is 9.86. The van der Waals surface area contributed by atoms with Crippen LogP contribution in [-0.2, 0) is 0 Å². The van der Waals surface area contributed by atoms with Crippen LogP contribution in [0.25, 0.3) is 132 Å². The molecule has 1 unspecified atom stereocenters. The van der Waals surface area contributed by atoms with Gasteiger partial charge in [0.05, 0.1) is 9.60 Å². The van der Waals surface area contributed by atoms with Gasteiger partial charge in [-0.05, 0) is 96.7 Å². The van der Waals surface area contributed by atoms with Crippen LogP contribution in [0, 0.1) is 0 Å². The predicted octanol–water partition coefficient (Wildman–Crippen LogP) is 18.5. The monoisotopic (exact) mass is 954 g/mol. The van der Waals surface area contributed by atoms with Gasteiger partial charge in [0.2, 0.25) is 0 Å². The quantitative estimate of drug-likeness (QED) is 0.160. The van der Waals surface area contributed by atoms with Crippen molar-refractivity contribution in [3.8, 4) is 78.7 Å². The predicted molar refractivity (Wildman–Crippen MR) is 303 cm³/mol. The highest BCUT2D eigenvalue weighted by molar-refractivity contribution is 7.26. The van der Waals surface area contributed by atoms with E-state index in [1.165, 1.54) is 10.8 Å². The Balaban J connectivity index is 0.916. The Hall–Kier alpha value is -9.29. The normalized spacial score (nSPS) is 14.4. The summed E-state index contributed by atoms with van der Waals surface area (Å²) in [6.07, 6.45) is 0. The first-order valence-electron chi connectivity index (χ1n) is 27.7. The third-order valence-corrected chi connectivity index (χ3v) is 15.6. The van der Waals surface area contributed by atoms with E-state index in [9.17, 15) is 2.74 Å². The van der Waals surface area contributed by atoms with Gasteiger partial charge in [-0.25, -0.2) is 15.0 Å². The number of furan rings is 1. The molecule has 1 atom stereocenters. The summed E-state index contributed by atoms with van der Waals surface area (Å²) in [5.41, 5.74) is 11.6. The molecule has 0 fully saturated rings. The summed E-state index contributed by atoms with van der Waals surface area (Å²) in [4.78, 5) is 16.0. The van der Waals surface area contributed by atoms with E-state index in [2.05, 4.69) is 109 Å². The van der Waals surface area contributed by atoms with Gasteiger partial charge in [-0.3, -0.25) is 0 Å². The number of rotatable bonds is 7. The van der Waals surface area contributed by atoms with Crippen LogP contribution >= 0.6 is 11.3 Å². The third-order valence-electron chi connectivity index (χ3n) is 14.4. The maximum absolute atomic E-state index is 9.35. The van der Waals surface area contributed by atoms with Crippen molar-refractivity contribution >= 4 is 64.2 Å². The van der Waals surface area contributed by atoms with Crippen LogP contribution in [0.2, 0.25) is 0 Å². The fourth-order valence-corrected chi connectivity index (χ4v) is 12.3. The highest BCUT2D eigenvalue weighted by Gasteiger charge is 2.32. The van der Waals surface area contributed by atoms with Crippen molar-refractivity contribution in [2.24, 2.45) is 0 Å². The summed E-state index contributed by atoms with van der Waals surface area (Å²) >= 11 is 1.76. The molecule has 0 radical (unpaired) electrons. The number of fused-ring (bicyclic) bond motifs is 10. The van der Waals surface area contributed by atoms with Crippen molar-refractivity contribution in [3.63, 3.8) is 0 Å². The molecular formula is C68H41N3OS. The van der Waals surface area contributed by atoms with Gasteiger partial charge >= 0.3 is 0 Å². The van der Waals surface area contributed by atoms with Crippen LogP contribution in [0.15, 0.2) is 247 Å². The molecule has 3 heterocycles. The highest BCUT2D eigenvalue weighted by Crippen LogP contribution is 2.50. The van der Waals surface area contributed by atoms with Gasteiger partial charge in [0.25, 0.3) is 0 Å². The van der Waals surface area contributed by atoms with E-state index in [0.29, 0.717) is 34.2 Å². The van der Waals surface area contributed by atoms with Crippen LogP contribution < -0.4 is 0 Å². The van der Waals surface area contributed by atoms with E-state index >= 15 is 0 Å². The number of hydrogen-bond donors (Lipinski definition) is 0. The number of benzene rings is 11. The second-order valence-electron chi connectivity index (χ2n) is 18.4. The Kier molecular flexibility index (Phi) is 7.97. The molecule has 11 aromatic carbocycles. The molecule has 73 heavy (non-hydrogen) atoms. The average molecular weight is 955 g/mol. The molecule has 1 aliphatic rings. The van der Waals surface area contributed by atoms with Crippen LogP contribution in [0.5, 0.6) is 0 Å². The highest BCUT2D eigenvalue weighted by atomic mass is 32.1. The molecule has 14 aromatic rings. The van der Waals surface area contributed by atoms with Crippen LogP contribution in [0.3, 0.4) is 0 Å². The van der Waals surface area contributed by atoms with Crippen molar-refractivity contribution in [1.29, 1.82) is 0 Å². The zero-order chi connectivity index (χ0) is 54.1. The molecule has 0 aliphatic heterocycles. The summed E-state index contributed by atoms with van der Waals surface area (Å²) in [7, 11) is 0. The number of thiophene rings is 1. The first-order chi connectivity index (χ1) is 39.1. The minimum atomic E-state index is -0.926. The van der Waals surface area contributed by atoms with E-state index < -0.39 is 18.0 Å². The lowest BCUT2D eigenvalue weighted by molar-refractivity contribution is 0.670. The summed E-state index contributed by atoms with van der Waals surface area (Å²) in [6.45, 7) is 0. The molecular weight excluding hydrogens is 907 g/mol. The zero-order valence-electron chi connectivity index (χ0n) is 45.8. The summed E-state index contributed by atoms with van der Waals surface area (Å²) in [5, 5.41) is 6.45. The Morgan fingerprint density at radius 2 is 0.973 bits per heavy atom. The second-order valence-corrected chi connectivity index (χ2v) is 19.4. The SMILES string of the molecule is [2H]c1cc([2H])c2c(c1[2H])-c1c([2H])c([2H])c([2H])c([2H])c1C2c1ccccc1-c1nc(-c2cccc(-c3cccc4c3sc3ccc(-c5cccc6c5oc5ccccc56)cc34)c2)nc(-c2ccc(-c3ccccc3)c3ccccc23)n1. The maximum atomic E-state index is 9.35. The number of para-hydroxylation sites is 2. The molecule has 340 valence electrons. The minimum absolute atomic E-state index is 0.0398. The van der Waals surface area contributed by atoms with E-state index in [-0.39, 0.29) is 46.9 Å². The molecule has 0 saturated carbocycles. The van der Waals surface area contributed by atoms with Crippen molar-refractivity contribution in [2.75, 3.05) is 0 Å². The summed E-state index contributed by atoms with van der Waals surface area (Å²) in [5.74, 6) is 0.218. The molecule has 0 N–H and O–H groups in total. The minimum Gasteiger partial charge on any atom is -0.455 e. The number of aromatic nitrogens is 3. The van der Waals surface area contributed by atoms with E-state index in [1.807, 2.05) is 84.9 Å². The van der Waals surface area contributed by atoms with Gasteiger partial charge in [-0.2, -0.15) is 0 Å². The lowest BCUT2D eigenvalue weighted by Crippen LogP contribution is -2.05. The topological polar surface area (TPSA) is 51.8 Å². The number of hydrogen-bond acceptors (Lipinski definition) is 5. The molecule has 15 rings (SSSR count). The first kappa shape index (κ1) is 34.9. The van der Waals surface area contributed by atoms with Crippen LogP contribution in [-0.4, -0.2) is 15.0 Å². The molecule has 4 nitrogen and oxygen atoms in total. The van der Waals surface area contributed by atoms with Gasteiger partial charge in [-0.15, -0.1) is 11.3 Å². The van der Waals surface area contributed by atoms with Crippen molar-refractivity contribution in [1.82, 2.24) is 15.0 Å². The average Bonchev–Trinajstić information content (AvgIpc) is 4.38. The molecule has 0 spiro atoms.